The summed E-state index contributed by atoms with van der Waals surface area (Å²) >= 11 is 0. The maximum Gasteiger partial charge on any atom is 0.223 e. The maximum absolute atomic E-state index is 12.7. The zero-order valence-electron chi connectivity index (χ0n) is 14.3. The van der Waals surface area contributed by atoms with Gasteiger partial charge in [-0.1, -0.05) is 42.5 Å². The van der Waals surface area contributed by atoms with Crippen LogP contribution in [0.25, 0.3) is 11.0 Å². The molecule has 0 bridgehead atoms. The van der Waals surface area contributed by atoms with E-state index in [2.05, 4.69) is 39.1 Å². The van der Waals surface area contributed by atoms with Crippen LogP contribution in [0.2, 0.25) is 0 Å². The summed E-state index contributed by atoms with van der Waals surface area (Å²) < 4.78 is 0. The largest absolute Gasteiger partial charge is 0.342 e. The third-order valence-electron chi connectivity index (χ3n) is 5.00. The molecule has 0 unspecified atom stereocenters. The van der Waals surface area contributed by atoms with Gasteiger partial charge in [-0.25, -0.2) is 4.98 Å². The number of imidazole rings is 1. The highest BCUT2D eigenvalue weighted by Gasteiger charge is 2.29. The Hall–Kier alpha value is -2.62. The van der Waals surface area contributed by atoms with E-state index < -0.39 is 0 Å². The summed E-state index contributed by atoms with van der Waals surface area (Å²) in [6.07, 6.45) is 4.38. The number of nitrogens with one attached hydrogen (secondary N) is 1. The first kappa shape index (κ1) is 15.9. The van der Waals surface area contributed by atoms with Crippen molar-refractivity contribution in [3.05, 3.63) is 66.0 Å². The van der Waals surface area contributed by atoms with Crippen molar-refractivity contribution in [3.63, 3.8) is 0 Å². The quantitative estimate of drug-likeness (QED) is 0.759. The topological polar surface area (TPSA) is 49.0 Å². The molecule has 2 aromatic carbocycles. The number of aromatic amines is 1. The second-order valence-electron chi connectivity index (χ2n) is 6.71. The Morgan fingerprint density at radius 1 is 1.12 bits per heavy atom. The van der Waals surface area contributed by atoms with E-state index in [9.17, 15) is 4.79 Å². The number of carbonyl (C=O) groups excluding carboxylic acids is 1. The maximum atomic E-state index is 12.7. The second kappa shape index (κ2) is 7.09. The highest BCUT2D eigenvalue weighted by atomic mass is 16.2. The average Bonchev–Trinajstić information content (AvgIpc) is 3.29. The van der Waals surface area contributed by atoms with Crippen molar-refractivity contribution in [1.82, 2.24) is 14.9 Å². The molecule has 1 fully saturated rings. The first-order chi connectivity index (χ1) is 12.3. The van der Waals surface area contributed by atoms with Gasteiger partial charge in [-0.2, -0.15) is 0 Å². The molecule has 3 aromatic rings. The van der Waals surface area contributed by atoms with Gasteiger partial charge in [-0.15, -0.1) is 0 Å². The molecule has 128 valence electrons. The van der Waals surface area contributed by atoms with Crippen LogP contribution in [0.1, 0.15) is 43.1 Å². The van der Waals surface area contributed by atoms with Gasteiger partial charge in [-0.3, -0.25) is 4.79 Å². The molecule has 2 heterocycles. The number of hydrogen-bond acceptors (Lipinski definition) is 2. The van der Waals surface area contributed by atoms with Crippen LogP contribution in [-0.2, 0) is 11.2 Å². The average molecular weight is 333 g/mol. The van der Waals surface area contributed by atoms with Gasteiger partial charge in [0.1, 0.15) is 5.82 Å². The Labute approximate surface area is 147 Å². The van der Waals surface area contributed by atoms with Gasteiger partial charge in [0.05, 0.1) is 17.1 Å². The van der Waals surface area contributed by atoms with Crippen molar-refractivity contribution in [2.75, 3.05) is 6.54 Å². The lowest BCUT2D eigenvalue weighted by molar-refractivity contribution is -0.132. The Bertz CT molecular complexity index is 823. The molecule has 1 aliphatic heterocycles. The van der Waals surface area contributed by atoms with Crippen LogP contribution < -0.4 is 0 Å². The standard InChI is InChI=1S/C21H23N3O/c25-21(24-15-7-12-19(24)16-8-2-1-3-9-16)14-6-13-20-22-17-10-4-5-11-18(17)23-20/h1-5,8-11,19H,6-7,12-15H2,(H,22,23)/t19-/m0/s1. The zero-order chi connectivity index (χ0) is 17.1. The summed E-state index contributed by atoms with van der Waals surface area (Å²) in [5.41, 5.74) is 3.31. The fraction of sp³-hybridized carbons (Fsp3) is 0.333. The fourth-order valence-electron chi connectivity index (χ4n) is 3.76. The lowest BCUT2D eigenvalue weighted by Gasteiger charge is -2.25. The molecule has 0 spiro atoms. The minimum atomic E-state index is 0.250. The number of nitrogens with zero attached hydrogens (tertiary/aromatic N) is 2. The van der Waals surface area contributed by atoms with Crippen LogP contribution in [0, 0.1) is 0 Å². The van der Waals surface area contributed by atoms with Crippen molar-refractivity contribution < 1.29 is 4.79 Å². The zero-order valence-corrected chi connectivity index (χ0v) is 14.3. The fourth-order valence-corrected chi connectivity index (χ4v) is 3.76. The Balaban J connectivity index is 1.35. The Morgan fingerprint density at radius 2 is 1.92 bits per heavy atom. The molecular weight excluding hydrogens is 310 g/mol. The molecule has 1 atom stereocenters. The number of H-pyrrole nitrogens is 1. The van der Waals surface area contributed by atoms with Crippen LogP contribution in [-0.4, -0.2) is 27.3 Å². The normalized spacial score (nSPS) is 17.3. The van der Waals surface area contributed by atoms with E-state index >= 15 is 0 Å². The molecule has 0 radical (unpaired) electrons. The van der Waals surface area contributed by atoms with Crippen LogP contribution in [0.4, 0.5) is 0 Å². The molecule has 25 heavy (non-hydrogen) atoms. The number of amides is 1. The molecule has 1 aliphatic rings. The van der Waals surface area contributed by atoms with Crippen molar-refractivity contribution >= 4 is 16.9 Å². The lowest BCUT2D eigenvalue weighted by atomic mass is 10.0. The SMILES string of the molecule is O=C(CCCc1nc2ccccc2[nH]1)N1CCC[C@H]1c1ccccc1. The summed E-state index contributed by atoms with van der Waals surface area (Å²) in [7, 11) is 0. The summed E-state index contributed by atoms with van der Waals surface area (Å²) in [4.78, 5) is 22.7. The van der Waals surface area contributed by atoms with Crippen LogP contribution in [0.15, 0.2) is 54.6 Å². The van der Waals surface area contributed by atoms with Crippen molar-refractivity contribution in [2.45, 2.75) is 38.1 Å². The number of para-hydroxylation sites is 2. The smallest absolute Gasteiger partial charge is 0.223 e. The second-order valence-corrected chi connectivity index (χ2v) is 6.71. The van der Waals surface area contributed by atoms with Crippen LogP contribution >= 0.6 is 0 Å². The number of hydrogen-bond donors (Lipinski definition) is 1. The summed E-state index contributed by atoms with van der Waals surface area (Å²) in [6.45, 7) is 0.878. The number of carbonyl (C=O) groups is 1. The highest BCUT2D eigenvalue weighted by molar-refractivity contribution is 5.77. The molecule has 1 N–H and O–H groups in total. The van der Waals surface area contributed by atoms with E-state index in [1.165, 1.54) is 5.56 Å². The van der Waals surface area contributed by atoms with Gasteiger partial charge in [-0.05, 0) is 37.0 Å². The molecule has 4 rings (SSSR count). The van der Waals surface area contributed by atoms with Gasteiger partial charge in [0.2, 0.25) is 5.91 Å². The molecule has 1 amide bonds. The summed E-state index contributed by atoms with van der Waals surface area (Å²) in [6, 6.07) is 18.7. The lowest BCUT2D eigenvalue weighted by Crippen LogP contribution is -2.30. The van der Waals surface area contributed by atoms with Crippen LogP contribution in [0.5, 0.6) is 0 Å². The van der Waals surface area contributed by atoms with Crippen molar-refractivity contribution in [1.29, 1.82) is 0 Å². The van der Waals surface area contributed by atoms with Gasteiger partial charge in [0, 0.05) is 19.4 Å². The Kier molecular flexibility index (Phi) is 4.51. The molecular formula is C21H23N3O. The summed E-state index contributed by atoms with van der Waals surface area (Å²) in [5.74, 6) is 1.23. The number of likely N-dealkylation sites (tertiary alicyclic amines) is 1. The monoisotopic (exact) mass is 333 g/mol. The van der Waals surface area contributed by atoms with E-state index in [0.29, 0.717) is 6.42 Å². The summed E-state index contributed by atoms with van der Waals surface area (Å²) in [5, 5.41) is 0. The van der Waals surface area contributed by atoms with Gasteiger partial charge in [0.25, 0.3) is 0 Å². The van der Waals surface area contributed by atoms with E-state index in [0.717, 1.165) is 49.1 Å². The number of aryl methyl sites for hydroxylation is 1. The molecule has 0 saturated carbocycles. The van der Waals surface area contributed by atoms with Crippen LogP contribution in [0.3, 0.4) is 0 Å². The number of benzene rings is 2. The molecule has 1 saturated heterocycles. The van der Waals surface area contributed by atoms with E-state index in [1.54, 1.807) is 0 Å². The third-order valence-corrected chi connectivity index (χ3v) is 5.00. The van der Waals surface area contributed by atoms with Crippen molar-refractivity contribution in [2.24, 2.45) is 0 Å². The molecule has 1 aromatic heterocycles. The molecule has 4 nitrogen and oxygen atoms in total. The third kappa shape index (κ3) is 3.43. The van der Waals surface area contributed by atoms with Gasteiger partial charge >= 0.3 is 0 Å². The number of rotatable bonds is 5. The predicted octanol–water partition coefficient (Wildman–Crippen LogP) is 4.25. The van der Waals surface area contributed by atoms with E-state index in [1.807, 2.05) is 30.3 Å². The van der Waals surface area contributed by atoms with E-state index in [4.69, 9.17) is 0 Å². The predicted molar refractivity (Wildman–Crippen MR) is 99.2 cm³/mol. The number of fused-ring (bicyclic) bond motifs is 1. The highest BCUT2D eigenvalue weighted by Crippen LogP contribution is 2.32. The minimum absolute atomic E-state index is 0.250. The van der Waals surface area contributed by atoms with Gasteiger partial charge < -0.3 is 9.88 Å². The Morgan fingerprint density at radius 3 is 2.76 bits per heavy atom. The van der Waals surface area contributed by atoms with E-state index in [-0.39, 0.29) is 11.9 Å². The van der Waals surface area contributed by atoms with Gasteiger partial charge in [0.15, 0.2) is 0 Å². The first-order valence-electron chi connectivity index (χ1n) is 9.09. The molecule has 0 aliphatic carbocycles. The minimum Gasteiger partial charge on any atom is -0.342 e. The molecule has 4 heteroatoms. The first-order valence-corrected chi connectivity index (χ1v) is 9.09. The number of aromatic nitrogens is 2. The van der Waals surface area contributed by atoms with Crippen molar-refractivity contribution in [3.8, 4) is 0 Å².